The molecule has 1 aromatic carbocycles. The Labute approximate surface area is 184 Å². The summed E-state index contributed by atoms with van der Waals surface area (Å²) in [5.74, 6) is 1.75. The molecule has 1 aliphatic carbocycles. The van der Waals surface area contributed by atoms with Crippen molar-refractivity contribution in [3.05, 3.63) is 45.5 Å². The molecule has 1 atom stereocenters. The van der Waals surface area contributed by atoms with Crippen molar-refractivity contribution in [1.29, 1.82) is 0 Å². The summed E-state index contributed by atoms with van der Waals surface area (Å²) in [6.45, 7) is 3.89. The molecule has 0 saturated carbocycles. The first-order chi connectivity index (χ1) is 14.3. The Morgan fingerprint density at radius 3 is 2.93 bits per heavy atom. The number of anilines is 2. The fraction of sp³-hybridized carbons (Fsp3) is 0.478. The van der Waals surface area contributed by atoms with E-state index in [0.29, 0.717) is 0 Å². The number of likely N-dealkylation sites (tertiary alicyclic amines) is 1. The average Bonchev–Trinajstić information content (AvgIpc) is 3.12. The molecule has 2 aliphatic rings. The van der Waals surface area contributed by atoms with E-state index in [4.69, 9.17) is 0 Å². The van der Waals surface area contributed by atoms with Gasteiger partial charge < -0.3 is 10.2 Å². The van der Waals surface area contributed by atoms with Crippen molar-refractivity contribution in [2.75, 3.05) is 25.0 Å². The molecule has 4 nitrogen and oxygen atoms in total. The highest BCUT2D eigenvalue weighted by Crippen LogP contribution is 2.41. The van der Waals surface area contributed by atoms with Crippen LogP contribution in [-0.2, 0) is 12.8 Å². The molecular weight excluding hydrogens is 444 g/mol. The largest absolute Gasteiger partial charge is 0.340 e. The number of thiophene rings is 1. The molecule has 5 rings (SSSR count). The van der Waals surface area contributed by atoms with E-state index >= 15 is 0 Å². The van der Waals surface area contributed by atoms with Crippen molar-refractivity contribution in [1.82, 2.24) is 14.9 Å². The molecule has 1 aliphatic heterocycles. The first-order valence-electron chi connectivity index (χ1n) is 10.8. The van der Waals surface area contributed by atoms with Gasteiger partial charge in [0.05, 0.1) is 5.39 Å². The van der Waals surface area contributed by atoms with Crippen LogP contribution < -0.4 is 5.32 Å². The zero-order chi connectivity index (χ0) is 19.6. The first kappa shape index (κ1) is 19.5. The molecule has 1 fully saturated rings. The molecule has 0 spiro atoms. The van der Waals surface area contributed by atoms with E-state index in [2.05, 4.69) is 48.2 Å². The van der Waals surface area contributed by atoms with Crippen molar-refractivity contribution in [3.8, 4) is 0 Å². The third-order valence-corrected chi connectivity index (χ3v) is 7.99. The van der Waals surface area contributed by atoms with Crippen LogP contribution in [0.2, 0.25) is 0 Å². The number of nitrogens with one attached hydrogen (secondary N) is 1. The number of hydrogen-bond acceptors (Lipinski definition) is 5. The molecule has 3 aromatic rings. The van der Waals surface area contributed by atoms with Gasteiger partial charge in [0.1, 0.15) is 17.0 Å². The number of rotatable bonds is 5. The van der Waals surface area contributed by atoms with Crippen molar-refractivity contribution in [2.45, 2.75) is 44.9 Å². The van der Waals surface area contributed by atoms with E-state index in [0.717, 1.165) is 33.1 Å². The lowest BCUT2D eigenvalue weighted by molar-refractivity contribution is 0.209. The minimum Gasteiger partial charge on any atom is -0.340 e. The SMILES string of the molecule is Brc1cccc(Nc2ncnc3sc4c(c23)CCC(CCN2CCCCC2)C4)c1. The van der Waals surface area contributed by atoms with Crippen LogP contribution in [0.3, 0.4) is 0 Å². The van der Waals surface area contributed by atoms with Gasteiger partial charge in [-0.05, 0) is 87.8 Å². The maximum absolute atomic E-state index is 4.60. The Morgan fingerprint density at radius 1 is 1.17 bits per heavy atom. The predicted molar refractivity (Wildman–Crippen MR) is 125 cm³/mol. The number of nitrogens with zero attached hydrogens (tertiary/aromatic N) is 3. The van der Waals surface area contributed by atoms with Gasteiger partial charge in [0.15, 0.2) is 0 Å². The van der Waals surface area contributed by atoms with Crippen LogP contribution in [0.25, 0.3) is 10.2 Å². The maximum Gasteiger partial charge on any atom is 0.142 e. The van der Waals surface area contributed by atoms with E-state index in [1.165, 1.54) is 74.0 Å². The van der Waals surface area contributed by atoms with E-state index in [-0.39, 0.29) is 0 Å². The highest BCUT2D eigenvalue weighted by atomic mass is 79.9. The van der Waals surface area contributed by atoms with Gasteiger partial charge in [-0.15, -0.1) is 11.3 Å². The lowest BCUT2D eigenvalue weighted by Gasteiger charge is -2.29. The lowest BCUT2D eigenvalue weighted by atomic mass is 9.85. The normalized spacial score (nSPS) is 20.0. The van der Waals surface area contributed by atoms with Crippen LogP contribution in [0, 0.1) is 5.92 Å². The molecule has 6 heteroatoms. The Bertz CT molecular complexity index is 996. The number of fused-ring (bicyclic) bond motifs is 3. The Hall–Kier alpha value is -1.50. The number of halogens is 1. The smallest absolute Gasteiger partial charge is 0.142 e. The van der Waals surface area contributed by atoms with Crippen LogP contribution in [-0.4, -0.2) is 34.5 Å². The van der Waals surface area contributed by atoms with Crippen LogP contribution in [0.5, 0.6) is 0 Å². The number of aromatic nitrogens is 2. The van der Waals surface area contributed by atoms with Crippen LogP contribution in [0.15, 0.2) is 35.1 Å². The minimum atomic E-state index is 0.812. The van der Waals surface area contributed by atoms with Gasteiger partial charge >= 0.3 is 0 Å². The van der Waals surface area contributed by atoms with Crippen LogP contribution in [0.4, 0.5) is 11.5 Å². The number of hydrogen-bond donors (Lipinski definition) is 1. The molecule has 3 heterocycles. The molecule has 2 aromatic heterocycles. The van der Waals surface area contributed by atoms with Gasteiger partial charge in [-0.3, -0.25) is 0 Å². The molecular formula is C23H27BrN4S. The van der Waals surface area contributed by atoms with Crippen molar-refractivity contribution < 1.29 is 0 Å². The van der Waals surface area contributed by atoms with Crippen molar-refractivity contribution >= 4 is 49.0 Å². The molecule has 0 radical (unpaired) electrons. The molecule has 0 amide bonds. The Balaban J connectivity index is 1.34. The summed E-state index contributed by atoms with van der Waals surface area (Å²) < 4.78 is 1.07. The topological polar surface area (TPSA) is 41.1 Å². The number of benzene rings is 1. The van der Waals surface area contributed by atoms with E-state index in [1.807, 2.05) is 23.5 Å². The highest BCUT2D eigenvalue weighted by Gasteiger charge is 2.25. The summed E-state index contributed by atoms with van der Waals surface area (Å²) in [6.07, 6.45) is 10.9. The van der Waals surface area contributed by atoms with Crippen molar-refractivity contribution in [3.63, 3.8) is 0 Å². The summed E-state index contributed by atoms with van der Waals surface area (Å²) in [6, 6.07) is 8.25. The molecule has 1 N–H and O–H groups in total. The van der Waals surface area contributed by atoms with E-state index in [9.17, 15) is 0 Å². The summed E-state index contributed by atoms with van der Waals surface area (Å²) in [5.41, 5.74) is 2.53. The fourth-order valence-corrected chi connectivity index (χ4v) is 6.47. The van der Waals surface area contributed by atoms with E-state index < -0.39 is 0 Å². The van der Waals surface area contributed by atoms with Gasteiger partial charge in [0.25, 0.3) is 0 Å². The zero-order valence-corrected chi connectivity index (χ0v) is 19.1. The minimum absolute atomic E-state index is 0.812. The third-order valence-electron chi connectivity index (χ3n) is 6.34. The predicted octanol–water partition coefficient (Wildman–Crippen LogP) is 6.18. The monoisotopic (exact) mass is 470 g/mol. The second-order valence-electron chi connectivity index (χ2n) is 8.34. The summed E-state index contributed by atoms with van der Waals surface area (Å²) >= 11 is 5.43. The number of aryl methyl sites for hydroxylation is 1. The Morgan fingerprint density at radius 2 is 2.07 bits per heavy atom. The summed E-state index contributed by atoms with van der Waals surface area (Å²) in [4.78, 5) is 14.5. The van der Waals surface area contributed by atoms with Gasteiger partial charge in [-0.25, -0.2) is 9.97 Å². The lowest BCUT2D eigenvalue weighted by Crippen LogP contribution is -2.32. The first-order valence-corrected chi connectivity index (χ1v) is 12.4. The molecule has 1 saturated heterocycles. The molecule has 152 valence electrons. The van der Waals surface area contributed by atoms with Gasteiger partial charge in [0, 0.05) is 15.0 Å². The zero-order valence-electron chi connectivity index (χ0n) is 16.7. The van der Waals surface area contributed by atoms with Crippen LogP contribution >= 0.6 is 27.3 Å². The second-order valence-corrected chi connectivity index (χ2v) is 10.3. The van der Waals surface area contributed by atoms with Crippen LogP contribution in [0.1, 0.15) is 42.5 Å². The van der Waals surface area contributed by atoms with Gasteiger partial charge in [-0.1, -0.05) is 28.4 Å². The maximum atomic E-state index is 4.60. The van der Waals surface area contributed by atoms with E-state index in [1.54, 1.807) is 6.33 Å². The third kappa shape index (κ3) is 4.35. The van der Waals surface area contributed by atoms with Crippen molar-refractivity contribution in [2.24, 2.45) is 5.92 Å². The molecule has 29 heavy (non-hydrogen) atoms. The van der Waals surface area contributed by atoms with Gasteiger partial charge in [0.2, 0.25) is 0 Å². The highest BCUT2D eigenvalue weighted by molar-refractivity contribution is 9.10. The number of piperidine rings is 1. The quantitative estimate of drug-likeness (QED) is 0.483. The second kappa shape index (κ2) is 8.70. The Kier molecular flexibility index (Phi) is 5.84. The van der Waals surface area contributed by atoms with Gasteiger partial charge in [-0.2, -0.15) is 0 Å². The fourth-order valence-electron chi connectivity index (χ4n) is 4.77. The average molecular weight is 471 g/mol. The molecule has 0 bridgehead atoms. The standard InChI is InChI=1S/C23H27BrN4S/c24-17-5-4-6-18(14-17)27-22-21-19-8-7-16(9-12-28-10-2-1-3-11-28)13-20(19)29-23(21)26-15-25-22/h4-6,14-16H,1-3,7-13H2,(H,25,26,27). The molecule has 1 unspecified atom stereocenters. The summed E-state index contributed by atoms with van der Waals surface area (Å²) in [7, 11) is 0. The summed E-state index contributed by atoms with van der Waals surface area (Å²) in [5, 5.41) is 4.76.